The van der Waals surface area contributed by atoms with E-state index in [1.807, 2.05) is 6.92 Å². The molecule has 146 valence electrons. The van der Waals surface area contributed by atoms with Crippen molar-refractivity contribution >= 4 is 11.9 Å². The molecule has 0 aromatic carbocycles. The molecule has 1 aliphatic carbocycles. The van der Waals surface area contributed by atoms with Crippen LogP contribution in [0.1, 0.15) is 27.2 Å². The van der Waals surface area contributed by atoms with Crippen LogP contribution in [0, 0.1) is 5.92 Å². The number of carbonyl (C=O) groups excluding carboxylic acids is 2. The highest BCUT2D eigenvalue weighted by molar-refractivity contribution is 5.91. The number of esters is 2. The summed E-state index contributed by atoms with van der Waals surface area (Å²) in [7, 11) is 0. The Morgan fingerprint density at radius 2 is 2.22 bits per heavy atom. The highest BCUT2D eigenvalue weighted by Gasteiger charge is 2.67. The molecule has 27 heavy (non-hydrogen) atoms. The molecule has 4 rings (SSSR count). The van der Waals surface area contributed by atoms with Crippen molar-refractivity contribution < 1.29 is 33.6 Å². The molecule has 0 radical (unpaired) electrons. The summed E-state index contributed by atoms with van der Waals surface area (Å²) in [5.74, 6) is -1.53. The van der Waals surface area contributed by atoms with Gasteiger partial charge in [0, 0.05) is 18.1 Å². The Morgan fingerprint density at radius 1 is 1.48 bits per heavy atom. The van der Waals surface area contributed by atoms with Gasteiger partial charge >= 0.3 is 11.9 Å². The van der Waals surface area contributed by atoms with Gasteiger partial charge in [-0.05, 0) is 32.4 Å². The molecule has 7 unspecified atom stereocenters. The number of hydrogen-bond acceptors (Lipinski definition) is 7. The maximum Gasteiger partial charge on any atom is 0.334 e. The minimum absolute atomic E-state index is 0.134. The normalized spacial score (nSPS) is 43.9. The molecule has 3 aliphatic heterocycles. The highest BCUT2D eigenvalue weighted by atomic mass is 16.7. The summed E-state index contributed by atoms with van der Waals surface area (Å²) in [4.78, 5) is 24.5. The molecular formula is C20H24O7. The van der Waals surface area contributed by atoms with Crippen molar-refractivity contribution in [2.45, 2.75) is 63.3 Å². The van der Waals surface area contributed by atoms with Gasteiger partial charge < -0.3 is 24.1 Å². The third-order valence-corrected chi connectivity index (χ3v) is 5.63. The molecular weight excluding hydrogens is 352 g/mol. The fourth-order valence-corrected chi connectivity index (χ4v) is 4.18. The summed E-state index contributed by atoms with van der Waals surface area (Å²) < 4.78 is 22.8. The first kappa shape index (κ1) is 18.4. The van der Waals surface area contributed by atoms with Crippen LogP contribution >= 0.6 is 0 Å². The van der Waals surface area contributed by atoms with E-state index in [0.717, 1.165) is 5.57 Å². The summed E-state index contributed by atoms with van der Waals surface area (Å²) in [6.45, 7) is 9.21. The van der Waals surface area contributed by atoms with Gasteiger partial charge in [-0.25, -0.2) is 9.59 Å². The van der Waals surface area contributed by atoms with Gasteiger partial charge in [-0.3, -0.25) is 0 Å². The molecule has 7 atom stereocenters. The molecule has 3 fully saturated rings. The minimum Gasteiger partial charge on any atom is -0.458 e. The molecule has 1 N–H and O–H groups in total. The lowest BCUT2D eigenvalue weighted by Gasteiger charge is -2.27. The Bertz CT molecular complexity index is 762. The molecule has 4 aliphatic rings. The van der Waals surface area contributed by atoms with Crippen LogP contribution in [0.15, 0.2) is 35.5 Å². The van der Waals surface area contributed by atoms with Gasteiger partial charge in [0.05, 0.1) is 18.1 Å². The summed E-state index contributed by atoms with van der Waals surface area (Å²) >= 11 is 0. The molecule has 0 amide bonds. The number of epoxide rings is 2. The van der Waals surface area contributed by atoms with Gasteiger partial charge in [0.1, 0.15) is 30.5 Å². The SMILES string of the molecule is C=C1C(=O)OC2/C=C(\CO)C3OC3C3OC3(C)CC(OC(=O)C=C(C)C)C12. The maximum atomic E-state index is 12.3. The van der Waals surface area contributed by atoms with Gasteiger partial charge in [-0.2, -0.15) is 0 Å². The van der Waals surface area contributed by atoms with Crippen molar-refractivity contribution in [1.82, 2.24) is 0 Å². The Labute approximate surface area is 157 Å². The topological polar surface area (TPSA) is 97.9 Å². The van der Waals surface area contributed by atoms with Gasteiger partial charge in [0.2, 0.25) is 0 Å². The van der Waals surface area contributed by atoms with Crippen LogP contribution in [0.2, 0.25) is 0 Å². The standard InChI is InChI=1S/C20H24O7/c1-9(2)5-14(22)24-13-7-20(4)18(27-20)17-16(26-17)11(8-21)6-12-15(13)10(3)19(23)25-12/h5-6,12-13,15-18,21H,3,7-8H2,1-2,4H3/b11-6+. The average Bonchev–Trinajstić information content (AvgIpc) is 3.44. The Balaban J connectivity index is 1.70. The van der Waals surface area contributed by atoms with E-state index in [4.69, 9.17) is 18.9 Å². The van der Waals surface area contributed by atoms with Crippen molar-refractivity contribution in [1.29, 1.82) is 0 Å². The first-order valence-electron chi connectivity index (χ1n) is 9.13. The number of aliphatic hydroxyl groups excluding tert-OH is 1. The molecule has 0 aromatic heterocycles. The van der Waals surface area contributed by atoms with E-state index >= 15 is 0 Å². The zero-order valence-corrected chi connectivity index (χ0v) is 15.6. The molecule has 0 bridgehead atoms. The van der Waals surface area contributed by atoms with Crippen LogP contribution < -0.4 is 0 Å². The van der Waals surface area contributed by atoms with E-state index in [-0.39, 0.29) is 30.5 Å². The van der Waals surface area contributed by atoms with Crippen LogP contribution in [-0.2, 0) is 28.5 Å². The van der Waals surface area contributed by atoms with Crippen molar-refractivity contribution in [3.63, 3.8) is 0 Å². The Morgan fingerprint density at radius 3 is 2.89 bits per heavy atom. The highest BCUT2D eigenvalue weighted by Crippen LogP contribution is 2.53. The average molecular weight is 376 g/mol. The third kappa shape index (κ3) is 3.24. The van der Waals surface area contributed by atoms with Gasteiger partial charge in [0.25, 0.3) is 0 Å². The molecule has 7 heteroatoms. The number of fused-ring (bicyclic) bond motifs is 4. The summed E-state index contributed by atoms with van der Waals surface area (Å²) in [5, 5.41) is 9.75. The van der Waals surface area contributed by atoms with Crippen LogP contribution in [0.3, 0.4) is 0 Å². The lowest BCUT2D eigenvalue weighted by molar-refractivity contribution is -0.147. The summed E-state index contributed by atoms with van der Waals surface area (Å²) in [6.07, 6.45) is 1.71. The number of rotatable bonds is 3. The predicted molar refractivity (Wildman–Crippen MR) is 93.5 cm³/mol. The number of carbonyl (C=O) groups is 2. The zero-order chi connectivity index (χ0) is 19.5. The van der Waals surface area contributed by atoms with E-state index in [1.165, 1.54) is 6.08 Å². The molecule has 0 spiro atoms. The maximum absolute atomic E-state index is 12.3. The van der Waals surface area contributed by atoms with E-state index in [9.17, 15) is 14.7 Å². The molecule has 3 saturated heterocycles. The summed E-state index contributed by atoms with van der Waals surface area (Å²) in [5.41, 5.74) is 1.20. The van der Waals surface area contributed by atoms with E-state index in [2.05, 4.69) is 6.58 Å². The zero-order valence-electron chi connectivity index (χ0n) is 15.6. The minimum atomic E-state index is -0.666. The molecule has 3 heterocycles. The predicted octanol–water partition coefficient (Wildman–Crippen LogP) is 1.21. The Hall–Kier alpha value is -1.96. The fourth-order valence-electron chi connectivity index (χ4n) is 4.18. The van der Waals surface area contributed by atoms with Gasteiger partial charge in [0.15, 0.2) is 0 Å². The van der Waals surface area contributed by atoms with Crippen molar-refractivity contribution in [2.75, 3.05) is 6.61 Å². The smallest absolute Gasteiger partial charge is 0.334 e. The van der Waals surface area contributed by atoms with Crippen LogP contribution in [0.4, 0.5) is 0 Å². The molecule has 0 saturated carbocycles. The second kappa shape index (κ2) is 6.29. The fraction of sp³-hybridized carbons (Fsp3) is 0.600. The molecule has 7 nitrogen and oxygen atoms in total. The summed E-state index contributed by atoms with van der Waals surface area (Å²) in [6, 6.07) is 0. The number of hydrogen-bond donors (Lipinski definition) is 1. The van der Waals surface area contributed by atoms with E-state index in [0.29, 0.717) is 12.0 Å². The lowest BCUT2D eigenvalue weighted by Crippen LogP contribution is -2.37. The Kier molecular flexibility index (Phi) is 4.29. The quantitative estimate of drug-likeness (QED) is 0.342. The molecule has 0 aromatic rings. The second-order valence-electron chi connectivity index (χ2n) is 8.09. The van der Waals surface area contributed by atoms with Crippen molar-refractivity contribution in [3.05, 3.63) is 35.5 Å². The van der Waals surface area contributed by atoms with Crippen LogP contribution in [0.25, 0.3) is 0 Å². The monoisotopic (exact) mass is 376 g/mol. The number of ether oxygens (including phenoxy) is 4. The first-order valence-corrected chi connectivity index (χ1v) is 9.13. The number of aliphatic hydroxyl groups is 1. The van der Waals surface area contributed by atoms with Crippen molar-refractivity contribution in [2.24, 2.45) is 5.92 Å². The van der Waals surface area contributed by atoms with Gasteiger partial charge in [-0.15, -0.1) is 0 Å². The van der Waals surface area contributed by atoms with Crippen LogP contribution in [-0.4, -0.2) is 59.8 Å². The largest absolute Gasteiger partial charge is 0.458 e. The second-order valence-corrected chi connectivity index (χ2v) is 8.09. The number of allylic oxidation sites excluding steroid dienone is 1. The van der Waals surface area contributed by atoms with E-state index < -0.39 is 35.7 Å². The first-order chi connectivity index (χ1) is 12.7. The van der Waals surface area contributed by atoms with Crippen LogP contribution in [0.5, 0.6) is 0 Å². The third-order valence-electron chi connectivity index (χ3n) is 5.63. The van der Waals surface area contributed by atoms with E-state index in [1.54, 1.807) is 19.9 Å². The lowest BCUT2D eigenvalue weighted by atomic mass is 9.82. The van der Waals surface area contributed by atoms with Gasteiger partial charge in [-0.1, -0.05) is 12.2 Å². The van der Waals surface area contributed by atoms with Crippen molar-refractivity contribution in [3.8, 4) is 0 Å².